The average molecular weight is 362 g/mol. The van der Waals surface area contributed by atoms with Gasteiger partial charge in [0.1, 0.15) is 0 Å². The van der Waals surface area contributed by atoms with Gasteiger partial charge in [0.2, 0.25) is 5.91 Å². The second kappa shape index (κ2) is 7.98. The van der Waals surface area contributed by atoms with E-state index in [0.717, 1.165) is 36.1 Å². The zero-order chi connectivity index (χ0) is 17.1. The van der Waals surface area contributed by atoms with E-state index in [1.54, 1.807) is 18.2 Å². The van der Waals surface area contributed by atoms with Crippen molar-refractivity contribution in [2.24, 2.45) is 0 Å². The Morgan fingerprint density at radius 2 is 2.04 bits per heavy atom. The first kappa shape index (κ1) is 18.7. The molecule has 1 amide bonds. The van der Waals surface area contributed by atoms with Gasteiger partial charge in [-0.1, -0.05) is 24.3 Å². The number of nitro groups is 1. The van der Waals surface area contributed by atoms with Crippen molar-refractivity contribution in [3.8, 4) is 0 Å². The minimum Gasteiger partial charge on any atom is -0.399 e. The van der Waals surface area contributed by atoms with Crippen LogP contribution in [0.5, 0.6) is 0 Å². The van der Waals surface area contributed by atoms with Gasteiger partial charge in [-0.3, -0.25) is 14.9 Å². The molecule has 0 bridgehead atoms. The maximum absolute atomic E-state index is 12.4. The molecule has 0 aromatic heterocycles. The number of rotatable bonds is 4. The summed E-state index contributed by atoms with van der Waals surface area (Å²) in [6.07, 6.45) is 2.79. The topological polar surface area (TPSA) is 98.3 Å². The Labute approximate surface area is 152 Å². The molecule has 0 aliphatic heterocycles. The van der Waals surface area contributed by atoms with Crippen LogP contribution in [0.2, 0.25) is 0 Å². The molecule has 1 aliphatic carbocycles. The molecule has 0 saturated heterocycles. The molecule has 0 fully saturated rings. The van der Waals surface area contributed by atoms with Crippen LogP contribution in [0.1, 0.15) is 35.6 Å². The SMILES string of the molecule is Cl.Nc1ccc2c(c1)CCCC2NC(=O)Cc1ccccc1[N+](=O)[O-]. The Kier molecular flexibility index (Phi) is 5.98. The van der Waals surface area contributed by atoms with Crippen LogP contribution in [0.25, 0.3) is 0 Å². The first-order valence-electron chi connectivity index (χ1n) is 7.94. The third kappa shape index (κ3) is 4.28. The van der Waals surface area contributed by atoms with Crippen LogP contribution in [0.15, 0.2) is 42.5 Å². The third-order valence-electron chi connectivity index (χ3n) is 4.36. The number of carbonyl (C=O) groups excluding carboxylic acids is 1. The Morgan fingerprint density at radius 3 is 2.80 bits per heavy atom. The van der Waals surface area contributed by atoms with Gasteiger partial charge >= 0.3 is 0 Å². The van der Waals surface area contributed by atoms with Crippen LogP contribution in [-0.2, 0) is 17.6 Å². The number of nitrogens with zero attached hydrogens (tertiary/aromatic N) is 1. The molecule has 1 aliphatic rings. The van der Waals surface area contributed by atoms with Crippen molar-refractivity contribution in [2.75, 3.05) is 5.73 Å². The highest BCUT2D eigenvalue weighted by atomic mass is 35.5. The summed E-state index contributed by atoms with van der Waals surface area (Å²) in [5.74, 6) is -0.209. The standard InChI is InChI=1S/C18H19N3O3.ClH/c19-14-8-9-15-12(10-14)5-3-6-16(15)20-18(22)11-13-4-1-2-7-17(13)21(23)24;/h1-2,4,7-10,16H,3,5-6,11,19H2,(H,20,22);1H. The molecule has 7 heteroatoms. The van der Waals surface area contributed by atoms with Crippen molar-refractivity contribution in [1.82, 2.24) is 5.32 Å². The molecule has 6 nitrogen and oxygen atoms in total. The van der Waals surface area contributed by atoms with E-state index in [2.05, 4.69) is 5.32 Å². The van der Waals surface area contributed by atoms with Gasteiger partial charge in [0, 0.05) is 17.3 Å². The fourth-order valence-corrected chi connectivity index (χ4v) is 3.24. The number of carbonyl (C=O) groups is 1. The molecule has 0 heterocycles. The van der Waals surface area contributed by atoms with Crippen molar-refractivity contribution in [3.63, 3.8) is 0 Å². The number of para-hydroxylation sites is 1. The monoisotopic (exact) mass is 361 g/mol. The average Bonchev–Trinajstić information content (AvgIpc) is 2.55. The summed E-state index contributed by atoms with van der Waals surface area (Å²) in [6, 6.07) is 12.0. The summed E-state index contributed by atoms with van der Waals surface area (Å²) >= 11 is 0. The second-order valence-electron chi connectivity index (χ2n) is 6.03. The summed E-state index contributed by atoms with van der Waals surface area (Å²) in [5, 5.41) is 14.1. The molecule has 0 saturated carbocycles. The fourth-order valence-electron chi connectivity index (χ4n) is 3.24. The molecule has 25 heavy (non-hydrogen) atoms. The summed E-state index contributed by atoms with van der Waals surface area (Å²) in [6.45, 7) is 0. The second-order valence-corrected chi connectivity index (χ2v) is 6.03. The number of nitrogens with one attached hydrogen (secondary N) is 1. The Morgan fingerprint density at radius 1 is 1.28 bits per heavy atom. The van der Waals surface area contributed by atoms with Crippen molar-refractivity contribution in [1.29, 1.82) is 0 Å². The fraction of sp³-hybridized carbons (Fsp3) is 0.278. The third-order valence-corrected chi connectivity index (χ3v) is 4.36. The molecule has 132 valence electrons. The molecule has 3 N–H and O–H groups in total. The number of fused-ring (bicyclic) bond motifs is 1. The van der Waals surface area contributed by atoms with Crippen LogP contribution in [0.4, 0.5) is 11.4 Å². The minimum atomic E-state index is -0.457. The number of hydrogen-bond donors (Lipinski definition) is 2. The van der Waals surface area contributed by atoms with Crippen LogP contribution in [0, 0.1) is 10.1 Å². The number of nitro benzene ring substituents is 1. The quantitative estimate of drug-likeness (QED) is 0.495. The number of hydrogen-bond acceptors (Lipinski definition) is 4. The number of benzene rings is 2. The Hall–Kier alpha value is -2.60. The number of amides is 1. The molecule has 0 spiro atoms. The number of nitrogens with two attached hydrogens (primary N) is 1. The molecule has 3 rings (SSSR count). The summed E-state index contributed by atoms with van der Waals surface area (Å²) in [4.78, 5) is 23.0. The summed E-state index contributed by atoms with van der Waals surface area (Å²) in [7, 11) is 0. The van der Waals surface area contributed by atoms with Gasteiger partial charge < -0.3 is 11.1 Å². The Balaban J connectivity index is 0.00000225. The number of anilines is 1. The minimum absolute atomic E-state index is 0. The van der Waals surface area contributed by atoms with Crippen molar-refractivity contribution >= 4 is 29.7 Å². The van der Waals surface area contributed by atoms with Crippen molar-refractivity contribution < 1.29 is 9.72 Å². The van der Waals surface area contributed by atoms with Gasteiger partial charge in [-0.25, -0.2) is 0 Å². The molecule has 1 unspecified atom stereocenters. The molecular formula is C18H20ClN3O3. The number of aryl methyl sites for hydroxylation is 1. The largest absolute Gasteiger partial charge is 0.399 e. The van der Waals surface area contributed by atoms with E-state index < -0.39 is 4.92 Å². The molecular weight excluding hydrogens is 342 g/mol. The van der Waals surface area contributed by atoms with E-state index >= 15 is 0 Å². The zero-order valence-corrected chi connectivity index (χ0v) is 14.4. The maximum Gasteiger partial charge on any atom is 0.273 e. The maximum atomic E-state index is 12.4. The van der Waals surface area contributed by atoms with E-state index in [1.165, 1.54) is 6.07 Å². The lowest BCUT2D eigenvalue weighted by Crippen LogP contribution is -2.32. The number of halogens is 1. The van der Waals surface area contributed by atoms with Crippen LogP contribution in [-0.4, -0.2) is 10.8 Å². The van der Waals surface area contributed by atoms with Gasteiger partial charge in [0.15, 0.2) is 0 Å². The van der Waals surface area contributed by atoms with E-state index in [1.807, 2.05) is 18.2 Å². The predicted octanol–water partition coefficient (Wildman–Crippen LogP) is 3.34. The van der Waals surface area contributed by atoms with Crippen LogP contribution >= 0.6 is 12.4 Å². The van der Waals surface area contributed by atoms with Gasteiger partial charge in [-0.05, 0) is 42.5 Å². The van der Waals surface area contributed by atoms with E-state index in [0.29, 0.717) is 5.56 Å². The lowest BCUT2D eigenvalue weighted by atomic mass is 9.87. The molecule has 2 aromatic carbocycles. The highest BCUT2D eigenvalue weighted by Crippen LogP contribution is 2.31. The van der Waals surface area contributed by atoms with E-state index in [-0.39, 0.29) is 36.5 Å². The van der Waals surface area contributed by atoms with E-state index in [4.69, 9.17) is 5.73 Å². The van der Waals surface area contributed by atoms with Crippen LogP contribution < -0.4 is 11.1 Å². The van der Waals surface area contributed by atoms with Gasteiger partial charge in [-0.15, -0.1) is 12.4 Å². The first-order chi connectivity index (χ1) is 11.5. The highest BCUT2D eigenvalue weighted by molar-refractivity contribution is 5.85. The van der Waals surface area contributed by atoms with Crippen molar-refractivity contribution in [2.45, 2.75) is 31.7 Å². The highest BCUT2D eigenvalue weighted by Gasteiger charge is 2.23. The van der Waals surface area contributed by atoms with Gasteiger partial charge in [0.05, 0.1) is 17.4 Å². The summed E-state index contributed by atoms with van der Waals surface area (Å²) in [5.41, 5.74) is 9.20. The first-order valence-corrected chi connectivity index (χ1v) is 7.94. The number of nitrogen functional groups attached to an aromatic ring is 1. The van der Waals surface area contributed by atoms with Gasteiger partial charge in [-0.2, -0.15) is 0 Å². The lowest BCUT2D eigenvalue weighted by molar-refractivity contribution is -0.385. The lowest BCUT2D eigenvalue weighted by Gasteiger charge is -2.26. The molecule has 1 atom stereocenters. The van der Waals surface area contributed by atoms with Crippen molar-refractivity contribution in [3.05, 3.63) is 69.3 Å². The van der Waals surface area contributed by atoms with Gasteiger partial charge in [0.25, 0.3) is 5.69 Å². The zero-order valence-electron chi connectivity index (χ0n) is 13.6. The predicted molar refractivity (Wildman–Crippen MR) is 98.7 cm³/mol. The molecule has 2 aromatic rings. The normalized spacial score (nSPS) is 15.6. The van der Waals surface area contributed by atoms with Crippen LogP contribution in [0.3, 0.4) is 0 Å². The molecule has 0 radical (unpaired) electrons. The van der Waals surface area contributed by atoms with E-state index in [9.17, 15) is 14.9 Å². The smallest absolute Gasteiger partial charge is 0.273 e. The summed E-state index contributed by atoms with van der Waals surface area (Å²) < 4.78 is 0. The Bertz CT molecular complexity index is 795.